The van der Waals surface area contributed by atoms with E-state index in [0.717, 1.165) is 46.8 Å². The molecule has 0 radical (unpaired) electrons. The van der Waals surface area contributed by atoms with Gasteiger partial charge in [-0.05, 0) is 25.7 Å². The number of amides is 2. The van der Waals surface area contributed by atoms with Crippen LogP contribution < -0.4 is 15.6 Å². The smallest absolute Gasteiger partial charge is 0.356 e. The second-order valence-corrected chi connectivity index (χ2v) is 12.9. The summed E-state index contributed by atoms with van der Waals surface area (Å²) in [4.78, 5) is 63.1. The zero-order valence-electron chi connectivity index (χ0n) is 24.5. The normalized spacial score (nSPS) is 19.7. The van der Waals surface area contributed by atoms with Gasteiger partial charge in [0.15, 0.2) is 28.9 Å². The fraction of sp³-hybridized carbons (Fsp3) is 0.323. The predicted octanol–water partition coefficient (Wildman–Crippen LogP) is 2.37. The number of thiazole rings is 1. The van der Waals surface area contributed by atoms with E-state index in [2.05, 4.69) is 15.5 Å². The number of β-lactam (4-membered cyclic amide) rings is 1. The van der Waals surface area contributed by atoms with Gasteiger partial charge >= 0.3 is 5.97 Å². The first-order chi connectivity index (χ1) is 22.3. The Bertz CT molecular complexity index is 1700. The Morgan fingerprint density at radius 1 is 1.17 bits per heavy atom. The molecular weight excluding hydrogens is 633 g/mol. The maximum absolute atomic E-state index is 13.3. The summed E-state index contributed by atoms with van der Waals surface area (Å²) in [5, 5.41) is 18.6. The number of fused-ring (bicyclic) bond motifs is 1. The van der Waals surface area contributed by atoms with Crippen molar-refractivity contribution in [2.45, 2.75) is 55.3 Å². The zero-order valence-corrected chi connectivity index (χ0v) is 26.2. The molecule has 1 saturated carbocycles. The molecule has 0 unspecified atom stereocenters. The average molecular weight is 664 g/mol. The SMILES string of the molecule is Nc1nc(/C(=N/OC2CCCC2)C(=O)N[C@@H]2C(=O)N3C(C(=O)O)=C(CSc4cc[n+](CC(=O)c5ccccc5)cc4)OC[C@H]23)cs1. The van der Waals surface area contributed by atoms with Gasteiger partial charge in [0.1, 0.15) is 36.2 Å². The number of nitrogen functional groups attached to an aromatic ring is 1. The van der Waals surface area contributed by atoms with Crippen LogP contribution in [-0.4, -0.2) is 74.8 Å². The van der Waals surface area contributed by atoms with Crippen molar-refractivity contribution in [2.24, 2.45) is 5.16 Å². The highest BCUT2D eigenvalue weighted by Gasteiger charge is 2.55. The number of ether oxygens (including phenoxy) is 1. The topological polar surface area (TPSA) is 177 Å². The number of aromatic nitrogens is 2. The number of rotatable bonds is 12. The number of thioether (sulfide) groups is 1. The number of benzene rings is 1. The molecule has 4 N–H and O–H groups in total. The lowest BCUT2D eigenvalue weighted by Gasteiger charge is -2.49. The molecule has 0 bridgehead atoms. The van der Waals surface area contributed by atoms with Crippen molar-refractivity contribution in [3.63, 3.8) is 0 Å². The summed E-state index contributed by atoms with van der Waals surface area (Å²) < 4.78 is 7.62. The van der Waals surface area contributed by atoms with Gasteiger partial charge in [0.25, 0.3) is 11.8 Å². The molecule has 46 heavy (non-hydrogen) atoms. The summed E-state index contributed by atoms with van der Waals surface area (Å²) in [6.07, 6.45) is 7.14. The van der Waals surface area contributed by atoms with Gasteiger partial charge in [-0.25, -0.2) is 9.78 Å². The molecule has 6 rings (SSSR count). The molecule has 238 valence electrons. The van der Waals surface area contributed by atoms with Gasteiger partial charge in [-0.2, -0.15) is 4.57 Å². The number of carbonyl (C=O) groups is 4. The molecule has 3 aromatic rings. The van der Waals surface area contributed by atoms with Gasteiger partial charge in [0.2, 0.25) is 12.3 Å². The van der Waals surface area contributed by atoms with Crippen LogP contribution in [0.15, 0.2) is 81.7 Å². The van der Waals surface area contributed by atoms with E-state index < -0.39 is 29.9 Å². The van der Waals surface area contributed by atoms with Gasteiger partial charge in [-0.3, -0.25) is 19.3 Å². The number of nitrogens with two attached hydrogens (primary N) is 1. The molecule has 1 saturated heterocycles. The number of ketones is 1. The standard InChI is InChI=1S/C31H30N6O7S2/c32-31-33-21(16-46-31)25(35-44-19-8-4-5-9-19)28(39)34-26-22-15-43-24(27(30(41)42)37(22)29(26)40)17-45-20-10-12-36(13-11-20)14-23(38)18-6-2-1-3-7-18/h1-3,6-7,10-13,16,19,22,26H,4-5,8-9,14-15,17H2,(H3-,32,33,34,39,41,42)/p+1/b35-25-/t22-,26+/m1/s1. The fourth-order valence-electron chi connectivity index (χ4n) is 5.48. The lowest BCUT2D eigenvalue weighted by molar-refractivity contribution is -0.683. The van der Waals surface area contributed by atoms with E-state index >= 15 is 0 Å². The second-order valence-electron chi connectivity index (χ2n) is 10.9. The lowest BCUT2D eigenvalue weighted by Crippen LogP contribution is -2.73. The number of hydrogen-bond donors (Lipinski definition) is 3. The number of oxime groups is 1. The first-order valence-electron chi connectivity index (χ1n) is 14.7. The Labute approximate surface area is 272 Å². The molecule has 2 aromatic heterocycles. The van der Waals surface area contributed by atoms with E-state index in [-0.39, 0.29) is 58.8 Å². The number of nitrogens with zero attached hydrogens (tertiary/aromatic N) is 4. The van der Waals surface area contributed by atoms with E-state index in [4.69, 9.17) is 15.3 Å². The van der Waals surface area contributed by atoms with E-state index in [1.807, 2.05) is 30.3 Å². The fourth-order valence-corrected chi connectivity index (χ4v) is 6.86. The quantitative estimate of drug-likeness (QED) is 0.0651. The van der Waals surface area contributed by atoms with Crippen molar-refractivity contribution in [2.75, 3.05) is 18.1 Å². The first-order valence-corrected chi connectivity index (χ1v) is 16.5. The van der Waals surface area contributed by atoms with Crippen LogP contribution in [0.5, 0.6) is 0 Å². The summed E-state index contributed by atoms with van der Waals surface area (Å²) >= 11 is 2.47. The van der Waals surface area contributed by atoms with Gasteiger partial charge < -0.3 is 25.7 Å². The average Bonchev–Trinajstić information content (AvgIpc) is 3.75. The summed E-state index contributed by atoms with van der Waals surface area (Å²) in [7, 11) is 0. The summed E-state index contributed by atoms with van der Waals surface area (Å²) in [6, 6.07) is 10.9. The van der Waals surface area contributed by atoms with Crippen LogP contribution in [0.2, 0.25) is 0 Å². The van der Waals surface area contributed by atoms with E-state index in [0.29, 0.717) is 5.56 Å². The number of pyridine rings is 1. The Balaban J connectivity index is 1.10. The maximum atomic E-state index is 13.3. The van der Waals surface area contributed by atoms with Crippen molar-refractivity contribution in [1.82, 2.24) is 15.2 Å². The van der Waals surface area contributed by atoms with Crippen LogP contribution in [0.1, 0.15) is 41.7 Å². The predicted molar refractivity (Wildman–Crippen MR) is 168 cm³/mol. The first kappa shape index (κ1) is 31.2. The molecule has 2 amide bonds. The number of anilines is 1. The molecule has 2 fully saturated rings. The van der Waals surface area contributed by atoms with Crippen molar-refractivity contribution >= 4 is 57.5 Å². The van der Waals surface area contributed by atoms with Crippen molar-refractivity contribution in [1.29, 1.82) is 0 Å². The highest BCUT2D eigenvalue weighted by Crippen LogP contribution is 2.35. The molecular formula is C31H31N6O7S2+. The lowest BCUT2D eigenvalue weighted by atomic mass is 9.92. The monoisotopic (exact) mass is 663 g/mol. The molecule has 2 atom stereocenters. The molecule has 4 heterocycles. The largest absolute Gasteiger partial charge is 0.492 e. The number of hydrogen-bond acceptors (Lipinski definition) is 11. The third-order valence-corrected chi connectivity index (χ3v) is 9.56. The summed E-state index contributed by atoms with van der Waals surface area (Å²) in [5.41, 5.74) is 6.25. The third-order valence-electron chi connectivity index (χ3n) is 7.87. The van der Waals surface area contributed by atoms with E-state index in [1.165, 1.54) is 11.8 Å². The Morgan fingerprint density at radius 3 is 2.59 bits per heavy atom. The molecule has 1 aromatic carbocycles. The van der Waals surface area contributed by atoms with Crippen molar-refractivity contribution in [3.05, 3.63) is 83.0 Å². The molecule has 13 nitrogen and oxygen atoms in total. The number of aliphatic carboxylic acids is 1. The molecule has 1 aliphatic carbocycles. The minimum atomic E-state index is -1.31. The highest BCUT2D eigenvalue weighted by atomic mass is 32.2. The van der Waals surface area contributed by atoms with Crippen LogP contribution in [0.25, 0.3) is 0 Å². The van der Waals surface area contributed by atoms with Crippen molar-refractivity contribution < 1.29 is 38.4 Å². The Kier molecular flexibility index (Phi) is 9.30. The molecule has 0 spiro atoms. The summed E-state index contributed by atoms with van der Waals surface area (Å²) in [6.45, 7) is 0.176. The number of carbonyl (C=O) groups excluding carboxylic acids is 3. The maximum Gasteiger partial charge on any atom is 0.356 e. The third kappa shape index (κ3) is 6.74. The Hall–Kier alpha value is -4.76. The van der Waals surface area contributed by atoms with E-state index in [1.54, 1.807) is 34.5 Å². The number of nitrogens with one attached hydrogen (secondary N) is 1. The number of carboxylic acid groups (broad SMARTS) is 1. The van der Waals surface area contributed by atoms with Crippen molar-refractivity contribution in [3.8, 4) is 0 Å². The zero-order chi connectivity index (χ0) is 32.2. The number of carboxylic acids is 1. The minimum absolute atomic E-state index is 0.00551. The van der Waals surface area contributed by atoms with Crippen LogP contribution in [0.3, 0.4) is 0 Å². The van der Waals surface area contributed by atoms with Crippen LogP contribution >= 0.6 is 23.1 Å². The van der Waals surface area contributed by atoms with Crippen LogP contribution in [0.4, 0.5) is 5.13 Å². The van der Waals surface area contributed by atoms with Crippen LogP contribution in [0, 0.1) is 0 Å². The minimum Gasteiger partial charge on any atom is -0.492 e. The van der Waals surface area contributed by atoms with Gasteiger partial charge in [-0.15, -0.1) is 23.1 Å². The second kappa shape index (κ2) is 13.7. The van der Waals surface area contributed by atoms with E-state index in [9.17, 15) is 24.3 Å². The number of Topliss-reactive ketones (excluding diaryl/α,β-unsaturated/α-hetero) is 1. The molecule has 3 aliphatic rings. The van der Waals surface area contributed by atoms with Gasteiger partial charge in [0.05, 0.1) is 5.75 Å². The molecule has 15 heteroatoms. The highest BCUT2D eigenvalue weighted by molar-refractivity contribution is 7.99. The van der Waals surface area contributed by atoms with Gasteiger partial charge in [0, 0.05) is 28.0 Å². The Morgan fingerprint density at radius 2 is 1.91 bits per heavy atom. The van der Waals surface area contributed by atoms with Crippen LogP contribution in [-0.2, 0) is 30.5 Å². The summed E-state index contributed by atoms with van der Waals surface area (Å²) in [5.74, 6) is -2.28. The van der Waals surface area contributed by atoms with Gasteiger partial charge in [-0.1, -0.05) is 35.5 Å². The molecule has 2 aliphatic heterocycles.